The number of benzene rings is 1. The van der Waals surface area contributed by atoms with E-state index in [1.165, 1.54) is 4.90 Å². The van der Waals surface area contributed by atoms with E-state index < -0.39 is 6.03 Å². The molecule has 0 saturated heterocycles. The molecule has 2 N–H and O–H groups in total. The zero-order valence-electron chi connectivity index (χ0n) is 15.7. The highest BCUT2D eigenvalue weighted by molar-refractivity contribution is 9.10. The molecule has 0 fully saturated rings. The van der Waals surface area contributed by atoms with E-state index in [9.17, 15) is 9.59 Å². The number of nitrogens with zero attached hydrogens (tertiary/aromatic N) is 2. The average Bonchev–Trinajstić information content (AvgIpc) is 2.58. The lowest BCUT2D eigenvalue weighted by Crippen LogP contribution is -2.37. The minimum absolute atomic E-state index is 0.0757. The van der Waals surface area contributed by atoms with Gasteiger partial charge in [0.1, 0.15) is 12.2 Å². The molecule has 144 valence electrons. The van der Waals surface area contributed by atoms with E-state index >= 15 is 0 Å². The Morgan fingerprint density at radius 2 is 1.96 bits per heavy atom. The Hall–Kier alpha value is -2.61. The predicted molar refractivity (Wildman–Crippen MR) is 109 cm³/mol. The third-order valence-corrected chi connectivity index (χ3v) is 4.04. The van der Waals surface area contributed by atoms with Crippen molar-refractivity contribution in [2.24, 2.45) is 0 Å². The first-order valence-electron chi connectivity index (χ1n) is 8.46. The van der Waals surface area contributed by atoms with Gasteiger partial charge in [0.25, 0.3) is 0 Å². The summed E-state index contributed by atoms with van der Waals surface area (Å²) in [6.45, 7) is 5.55. The highest BCUT2D eigenvalue weighted by Gasteiger charge is 2.16. The maximum atomic E-state index is 12.4. The third-order valence-electron chi connectivity index (χ3n) is 3.55. The number of carbonyl (C=O) groups is 2. The standard InChI is InChI=1S/C19H23BrN4O3/c1-12(2)27-18-16(6-5-9-21-18)23-19(26)24(4)11-17(25)22-15-8-7-14(20)10-13(15)3/h5-10,12H,11H2,1-4H3,(H,22,25)(H,23,26). The number of rotatable bonds is 6. The molecule has 1 aromatic carbocycles. The molecule has 8 heteroatoms. The normalized spacial score (nSPS) is 10.4. The van der Waals surface area contributed by atoms with E-state index in [0.29, 0.717) is 17.3 Å². The molecule has 0 aliphatic carbocycles. The molecule has 0 atom stereocenters. The van der Waals surface area contributed by atoms with Crippen LogP contribution in [0.4, 0.5) is 16.2 Å². The molecule has 0 saturated carbocycles. The van der Waals surface area contributed by atoms with Crippen LogP contribution in [0.2, 0.25) is 0 Å². The van der Waals surface area contributed by atoms with Gasteiger partial charge in [-0.25, -0.2) is 9.78 Å². The number of amides is 3. The first-order valence-corrected chi connectivity index (χ1v) is 9.25. The van der Waals surface area contributed by atoms with E-state index in [-0.39, 0.29) is 18.6 Å². The van der Waals surface area contributed by atoms with E-state index in [1.807, 2.05) is 39.0 Å². The van der Waals surface area contributed by atoms with E-state index in [2.05, 4.69) is 31.5 Å². The largest absolute Gasteiger partial charge is 0.473 e. The van der Waals surface area contributed by atoms with Crippen LogP contribution in [0.3, 0.4) is 0 Å². The molecule has 0 aliphatic heterocycles. The number of ether oxygens (including phenoxy) is 1. The Morgan fingerprint density at radius 1 is 1.22 bits per heavy atom. The van der Waals surface area contributed by atoms with Gasteiger partial charge in [0.05, 0.1) is 6.10 Å². The van der Waals surface area contributed by atoms with Crippen molar-refractivity contribution in [3.63, 3.8) is 0 Å². The van der Waals surface area contributed by atoms with Crippen LogP contribution in [0.5, 0.6) is 5.88 Å². The number of hydrogen-bond donors (Lipinski definition) is 2. The van der Waals surface area contributed by atoms with Crippen LogP contribution in [0.15, 0.2) is 41.0 Å². The smallest absolute Gasteiger partial charge is 0.322 e. The number of pyridine rings is 1. The third kappa shape index (κ3) is 6.25. The fraction of sp³-hybridized carbons (Fsp3) is 0.316. The number of anilines is 2. The number of carbonyl (C=O) groups excluding carboxylic acids is 2. The van der Waals surface area contributed by atoms with Gasteiger partial charge in [-0.3, -0.25) is 4.79 Å². The lowest BCUT2D eigenvalue weighted by molar-refractivity contribution is -0.116. The molecule has 1 heterocycles. The molecule has 0 bridgehead atoms. The number of likely N-dealkylation sites (N-methyl/N-ethyl adjacent to an activating group) is 1. The molecule has 0 radical (unpaired) electrons. The highest BCUT2D eigenvalue weighted by atomic mass is 79.9. The van der Waals surface area contributed by atoms with E-state index in [4.69, 9.17) is 4.74 Å². The van der Waals surface area contributed by atoms with Gasteiger partial charge in [0.15, 0.2) is 0 Å². The highest BCUT2D eigenvalue weighted by Crippen LogP contribution is 2.22. The maximum absolute atomic E-state index is 12.4. The van der Waals surface area contributed by atoms with Crippen molar-refractivity contribution >= 4 is 39.2 Å². The van der Waals surface area contributed by atoms with Gasteiger partial charge in [0.2, 0.25) is 11.8 Å². The number of nitrogens with one attached hydrogen (secondary N) is 2. The van der Waals surface area contributed by atoms with Crippen molar-refractivity contribution in [3.05, 3.63) is 46.6 Å². The zero-order valence-corrected chi connectivity index (χ0v) is 17.3. The van der Waals surface area contributed by atoms with Crippen molar-refractivity contribution in [1.82, 2.24) is 9.88 Å². The second kappa shape index (κ2) is 9.36. The van der Waals surface area contributed by atoms with Crippen molar-refractivity contribution < 1.29 is 14.3 Å². The fourth-order valence-corrected chi connectivity index (χ4v) is 2.73. The van der Waals surface area contributed by atoms with Crippen molar-refractivity contribution in [3.8, 4) is 5.88 Å². The molecule has 0 unspecified atom stereocenters. The molecule has 3 amide bonds. The van der Waals surface area contributed by atoms with Crippen molar-refractivity contribution in [2.45, 2.75) is 26.9 Å². The van der Waals surface area contributed by atoms with Gasteiger partial charge in [-0.1, -0.05) is 15.9 Å². The van der Waals surface area contributed by atoms with Crippen LogP contribution < -0.4 is 15.4 Å². The summed E-state index contributed by atoms with van der Waals surface area (Å²) in [5, 5.41) is 5.52. The van der Waals surface area contributed by atoms with E-state index in [1.54, 1.807) is 25.4 Å². The van der Waals surface area contributed by atoms with Gasteiger partial charge in [-0.05, 0) is 56.7 Å². The molecule has 2 aromatic rings. The lowest BCUT2D eigenvalue weighted by Gasteiger charge is -2.19. The monoisotopic (exact) mass is 434 g/mol. The molecule has 27 heavy (non-hydrogen) atoms. The van der Waals surface area contributed by atoms with Gasteiger partial charge < -0.3 is 20.3 Å². The molecular formula is C19H23BrN4O3. The SMILES string of the molecule is Cc1cc(Br)ccc1NC(=O)CN(C)C(=O)Nc1cccnc1OC(C)C. The van der Waals surface area contributed by atoms with Gasteiger partial charge in [-0.15, -0.1) is 0 Å². The summed E-state index contributed by atoms with van der Waals surface area (Å²) < 4.78 is 6.52. The minimum Gasteiger partial charge on any atom is -0.473 e. The minimum atomic E-state index is -0.431. The number of hydrogen-bond acceptors (Lipinski definition) is 4. The predicted octanol–water partition coefficient (Wildman–Crippen LogP) is 4.04. The van der Waals surface area contributed by atoms with Crippen molar-refractivity contribution in [2.75, 3.05) is 24.2 Å². The molecule has 0 spiro atoms. The number of aromatic nitrogens is 1. The topological polar surface area (TPSA) is 83.6 Å². The first kappa shape index (κ1) is 20.7. The Kier molecular flexibility index (Phi) is 7.18. The van der Waals surface area contributed by atoms with Crippen molar-refractivity contribution in [1.29, 1.82) is 0 Å². The van der Waals surface area contributed by atoms with Crippen LogP contribution in [-0.4, -0.2) is 41.5 Å². The van der Waals surface area contributed by atoms with Crippen LogP contribution in [0.1, 0.15) is 19.4 Å². The first-order chi connectivity index (χ1) is 12.8. The molecule has 2 rings (SSSR count). The maximum Gasteiger partial charge on any atom is 0.322 e. The number of halogens is 1. The summed E-state index contributed by atoms with van der Waals surface area (Å²) in [6.07, 6.45) is 1.51. The molecule has 1 aromatic heterocycles. The average molecular weight is 435 g/mol. The number of urea groups is 1. The Bertz CT molecular complexity index is 826. The number of aryl methyl sites for hydroxylation is 1. The van der Waals surface area contributed by atoms with Crippen LogP contribution in [0, 0.1) is 6.92 Å². The lowest BCUT2D eigenvalue weighted by atomic mass is 10.2. The van der Waals surface area contributed by atoms with Crippen LogP contribution >= 0.6 is 15.9 Å². The van der Waals surface area contributed by atoms with E-state index in [0.717, 1.165) is 10.0 Å². The second-order valence-corrected chi connectivity index (χ2v) is 7.23. The Balaban J connectivity index is 1.96. The zero-order chi connectivity index (χ0) is 20.0. The Labute approximate surface area is 167 Å². The summed E-state index contributed by atoms with van der Waals surface area (Å²) in [6, 6.07) is 8.53. The van der Waals surface area contributed by atoms with Crippen LogP contribution in [-0.2, 0) is 4.79 Å². The summed E-state index contributed by atoms with van der Waals surface area (Å²) in [5.74, 6) is 0.0482. The van der Waals surface area contributed by atoms with Crippen LogP contribution in [0.25, 0.3) is 0 Å². The summed E-state index contributed by atoms with van der Waals surface area (Å²) in [5.41, 5.74) is 2.08. The van der Waals surface area contributed by atoms with Gasteiger partial charge >= 0.3 is 6.03 Å². The quantitative estimate of drug-likeness (QED) is 0.718. The fourth-order valence-electron chi connectivity index (χ4n) is 2.26. The van der Waals surface area contributed by atoms with Gasteiger partial charge in [-0.2, -0.15) is 0 Å². The summed E-state index contributed by atoms with van der Waals surface area (Å²) in [7, 11) is 1.54. The van der Waals surface area contributed by atoms with Gasteiger partial charge in [0, 0.05) is 23.4 Å². The summed E-state index contributed by atoms with van der Waals surface area (Å²) in [4.78, 5) is 30.1. The molecule has 7 nitrogen and oxygen atoms in total. The summed E-state index contributed by atoms with van der Waals surface area (Å²) >= 11 is 3.38. The molecule has 0 aliphatic rings. The second-order valence-electron chi connectivity index (χ2n) is 6.32. The Morgan fingerprint density at radius 3 is 2.63 bits per heavy atom. The molecular weight excluding hydrogens is 412 g/mol.